The van der Waals surface area contributed by atoms with Gasteiger partial charge in [-0.1, -0.05) is 19.1 Å². The molecule has 0 saturated heterocycles. The molecule has 1 aromatic heterocycles. The maximum absolute atomic E-state index is 5.53. The van der Waals surface area contributed by atoms with Gasteiger partial charge in [0, 0.05) is 31.5 Å². The topological polar surface area (TPSA) is 68.8 Å². The molecule has 0 aromatic carbocycles. The normalized spacial score (nSPS) is 13.3. The molecule has 0 fully saturated rings. The zero-order chi connectivity index (χ0) is 12.0. The summed E-state index contributed by atoms with van der Waals surface area (Å²) in [7, 11) is 1.87. The maximum Gasteiger partial charge on any atom is 0.0843 e. The van der Waals surface area contributed by atoms with E-state index in [1.807, 2.05) is 25.0 Å². The SMILES string of the molecule is CC(C)CSCC(Cc1cn(C)nn1)NN. The van der Waals surface area contributed by atoms with Gasteiger partial charge >= 0.3 is 0 Å². The van der Waals surface area contributed by atoms with E-state index in [0.717, 1.165) is 23.8 Å². The first-order chi connectivity index (χ1) is 7.61. The van der Waals surface area contributed by atoms with Crippen LogP contribution >= 0.6 is 11.8 Å². The second-order valence-electron chi connectivity index (χ2n) is 4.38. The van der Waals surface area contributed by atoms with E-state index in [1.165, 1.54) is 5.75 Å². The van der Waals surface area contributed by atoms with E-state index in [4.69, 9.17) is 5.84 Å². The number of nitrogens with one attached hydrogen (secondary N) is 1. The van der Waals surface area contributed by atoms with Crippen molar-refractivity contribution in [2.24, 2.45) is 18.8 Å². The largest absolute Gasteiger partial charge is 0.271 e. The van der Waals surface area contributed by atoms with Crippen LogP contribution in [0.15, 0.2) is 6.20 Å². The lowest BCUT2D eigenvalue weighted by atomic mass is 10.2. The molecule has 1 aromatic rings. The molecule has 16 heavy (non-hydrogen) atoms. The van der Waals surface area contributed by atoms with Crippen molar-refractivity contribution >= 4 is 11.8 Å². The Morgan fingerprint density at radius 2 is 2.25 bits per heavy atom. The smallest absolute Gasteiger partial charge is 0.0843 e. The Hall–Kier alpha value is -0.590. The third-order valence-corrected chi connectivity index (χ3v) is 3.65. The van der Waals surface area contributed by atoms with Crippen molar-refractivity contribution in [3.05, 3.63) is 11.9 Å². The standard InChI is InChI=1S/C10H21N5S/c1-8(2)6-16-7-10(12-11)4-9-5-15(3)14-13-9/h5,8,10,12H,4,6-7,11H2,1-3H3. The summed E-state index contributed by atoms with van der Waals surface area (Å²) in [5.41, 5.74) is 3.82. The van der Waals surface area contributed by atoms with Gasteiger partial charge in [-0.15, -0.1) is 5.10 Å². The van der Waals surface area contributed by atoms with Gasteiger partial charge in [-0.25, -0.2) is 0 Å². The lowest BCUT2D eigenvalue weighted by Gasteiger charge is -2.14. The first kappa shape index (κ1) is 13.5. The van der Waals surface area contributed by atoms with Gasteiger partial charge in [-0.2, -0.15) is 11.8 Å². The van der Waals surface area contributed by atoms with Crippen molar-refractivity contribution in [2.75, 3.05) is 11.5 Å². The number of nitrogens with zero attached hydrogens (tertiary/aromatic N) is 3. The van der Waals surface area contributed by atoms with Crippen LogP contribution in [0.1, 0.15) is 19.5 Å². The molecule has 0 bridgehead atoms. The molecule has 1 heterocycles. The van der Waals surface area contributed by atoms with E-state index < -0.39 is 0 Å². The van der Waals surface area contributed by atoms with E-state index >= 15 is 0 Å². The summed E-state index contributed by atoms with van der Waals surface area (Å²) in [4.78, 5) is 0. The van der Waals surface area contributed by atoms with Crippen molar-refractivity contribution in [2.45, 2.75) is 26.3 Å². The van der Waals surface area contributed by atoms with Crippen LogP contribution in [-0.2, 0) is 13.5 Å². The van der Waals surface area contributed by atoms with Gasteiger partial charge in [-0.3, -0.25) is 16.0 Å². The third-order valence-electron chi connectivity index (χ3n) is 2.11. The summed E-state index contributed by atoms with van der Waals surface area (Å²) >= 11 is 1.92. The Morgan fingerprint density at radius 1 is 1.50 bits per heavy atom. The number of aromatic nitrogens is 3. The van der Waals surface area contributed by atoms with E-state index in [9.17, 15) is 0 Å². The van der Waals surface area contributed by atoms with Crippen molar-refractivity contribution in [3.63, 3.8) is 0 Å². The fourth-order valence-electron chi connectivity index (χ4n) is 1.35. The molecule has 1 rings (SSSR count). The molecule has 1 atom stereocenters. The fourth-order valence-corrected chi connectivity index (χ4v) is 2.46. The van der Waals surface area contributed by atoms with Crippen LogP contribution < -0.4 is 11.3 Å². The molecule has 6 heteroatoms. The van der Waals surface area contributed by atoms with Gasteiger partial charge in [0.1, 0.15) is 0 Å². The number of thioether (sulfide) groups is 1. The van der Waals surface area contributed by atoms with Crippen LogP contribution in [0.3, 0.4) is 0 Å². The van der Waals surface area contributed by atoms with Crippen LogP contribution in [0, 0.1) is 5.92 Å². The molecule has 0 aliphatic rings. The van der Waals surface area contributed by atoms with Gasteiger partial charge in [-0.05, 0) is 11.7 Å². The fraction of sp³-hybridized carbons (Fsp3) is 0.800. The first-order valence-corrected chi connectivity index (χ1v) is 6.66. The number of nitrogens with two attached hydrogens (primary N) is 1. The van der Waals surface area contributed by atoms with E-state index in [-0.39, 0.29) is 6.04 Å². The molecule has 1 unspecified atom stereocenters. The molecule has 0 aliphatic heterocycles. The number of hydrogen-bond donors (Lipinski definition) is 2. The maximum atomic E-state index is 5.53. The van der Waals surface area contributed by atoms with E-state index in [1.54, 1.807) is 4.68 Å². The highest BCUT2D eigenvalue weighted by atomic mass is 32.2. The van der Waals surface area contributed by atoms with Crippen molar-refractivity contribution in [1.82, 2.24) is 20.4 Å². The lowest BCUT2D eigenvalue weighted by Crippen LogP contribution is -2.39. The van der Waals surface area contributed by atoms with Crippen molar-refractivity contribution in [1.29, 1.82) is 0 Å². The molecular weight excluding hydrogens is 222 g/mol. The number of hydrogen-bond acceptors (Lipinski definition) is 5. The molecular formula is C10H21N5S. The van der Waals surface area contributed by atoms with Crippen molar-refractivity contribution < 1.29 is 0 Å². The van der Waals surface area contributed by atoms with Gasteiger partial charge in [0.25, 0.3) is 0 Å². The Balaban J connectivity index is 2.31. The lowest BCUT2D eigenvalue weighted by molar-refractivity contribution is 0.568. The average Bonchev–Trinajstić information content (AvgIpc) is 2.62. The zero-order valence-electron chi connectivity index (χ0n) is 10.2. The number of hydrazine groups is 1. The zero-order valence-corrected chi connectivity index (χ0v) is 11.0. The summed E-state index contributed by atoms with van der Waals surface area (Å²) < 4.78 is 1.71. The molecule has 3 N–H and O–H groups in total. The minimum atomic E-state index is 0.264. The highest BCUT2D eigenvalue weighted by Gasteiger charge is 2.10. The molecule has 0 spiro atoms. The van der Waals surface area contributed by atoms with Crippen molar-refractivity contribution in [3.8, 4) is 0 Å². The average molecular weight is 243 g/mol. The highest BCUT2D eigenvalue weighted by Crippen LogP contribution is 2.10. The second-order valence-corrected chi connectivity index (χ2v) is 5.46. The van der Waals surface area contributed by atoms with Crippen LogP contribution in [0.5, 0.6) is 0 Å². The minimum absolute atomic E-state index is 0.264. The molecule has 0 radical (unpaired) electrons. The number of rotatable bonds is 7. The molecule has 5 nitrogen and oxygen atoms in total. The Labute approximate surface area is 101 Å². The monoisotopic (exact) mass is 243 g/mol. The molecule has 92 valence electrons. The summed E-state index contributed by atoms with van der Waals surface area (Å²) in [5, 5.41) is 7.96. The summed E-state index contributed by atoms with van der Waals surface area (Å²) in [6.07, 6.45) is 2.76. The Bertz CT molecular complexity index is 299. The summed E-state index contributed by atoms with van der Waals surface area (Å²) in [6, 6.07) is 0.264. The quantitative estimate of drug-likeness (QED) is 0.541. The van der Waals surface area contributed by atoms with Gasteiger partial charge in [0.15, 0.2) is 0 Å². The summed E-state index contributed by atoms with van der Waals surface area (Å²) in [5.74, 6) is 8.42. The number of aryl methyl sites for hydroxylation is 1. The van der Waals surface area contributed by atoms with Gasteiger partial charge < -0.3 is 0 Å². The van der Waals surface area contributed by atoms with E-state index in [0.29, 0.717) is 0 Å². The summed E-state index contributed by atoms with van der Waals surface area (Å²) in [6.45, 7) is 4.45. The van der Waals surface area contributed by atoms with Crippen LogP contribution in [0.4, 0.5) is 0 Å². The predicted molar refractivity (Wildman–Crippen MR) is 68.0 cm³/mol. The Morgan fingerprint density at radius 3 is 2.75 bits per heavy atom. The van der Waals surface area contributed by atoms with Gasteiger partial charge in [0.2, 0.25) is 0 Å². The van der Waals surface area contributed by atoms with Crippen LogP contribution in [-0.4, -0.2) is 32.5 Å². The Kier molecular flexibility index (Phi) is 5.79. The molecule has 0 amide bonds. The van der Waals surface area contributed by atoms with Crippen LogP contribution in [0.2, 0.25) is 0 Å². The third kappa shape index (κ3) is 4.96. The van der Waals surface area contributed by atoms with Gasteiger partial charge in [0.05, 0.1) is 5.69 Å². The minimum Gasteiger partial charge on any atom is -0.271 e. The predicted octanol–water partition coefficient (Wildman–Crippen LogP) is 0.579. The highest BCUT2D eigenvalue weighted by molar-refractivity contribution is 7.99. The second kappa shape index (κ2) is 6.88. The first-order valence-electron chi connectivity index (χ1n) is 5.51. The molecule has 0 aliphatic carbocycles. The molecule has 0 saturated carbocycles. The van der Waals surface area contributed by atoms with Crippen LogP contribution in [0.25, 0.3) is 0 Å². The van der Waals surface area contributed by atoms with E-state index in [2.05, 4.69) is 29.6 Å².